The molecule has 2 aromatic heterocycles. The first-order valence-electron chi connectivity index (χ1n) is 16.3. The predicted molar refractivity (Wildman–Crippen MR) is 194 cm³/mol. The molecule has 2 aliphatic rings. The minimum atomic E-state index is 0. The molecule has 0 atom stereocenters. The first-order valence-corrected chi connectivity index (χ1v) is 16.3. The number of nitrogens with zero attached hydrogens (tertiary/aromatic N) is 5. The summed E-state index contributed by atoms with van der Waals surface area (Å²) in [4.78, 5) is 10.9. The maximum Gasteiger partial charge on any atom is 4.00 e. The van der Waals surface area contributed by atoms with Gasteiger partial charge in [-0.25, -0.2) is 24.2 Å². The molecule has 1 saturated heterocycles. The smallest absolute Gasteiger partial charge is 0.669 e. The van der Waals surface area contributed by atoms with Gasteiger partial charge in [-0.3, -0.25) is 11.1 Å². The zero-order valence-corrected chi connectivity index (χ0v) is 32.7. The van der Waals surface area contributed by atoms with Gasteiger partial charge in [0, 0.05) is 69.5 Å². The third-order valence-corrected chi connectivity index (χ3v) is 8.01. The van der Waals surface area contributed by atoms with Crippen LogP contribution >= 0.6 is 0 Å². The third kappa shape index (κ3) is 9.85. The van der Waals surface area contributed by atoms with Crippen molar-refractivity contribution in [2.75, 3.05) is 29.9 Å². The average molecular weight is 1040 g/mol. The molecule has 4 heterocycles. The molecule has 2 aliphatic heterocycles. The van der Waals surface area contributed by atoms with E-state index in [-0.39, 0.29) is 42.1 Å². The summed E-state index contributed by atoms with van der Waals surface area (Å²) in [7, 11) is 1.98. The fourth-order valence-corrected chi connectivity index (χ4v) is 5.56. The molecular formula is C43H32N5O2Pt2-3. The Bertz CT molecular complexity index is 2120. The fourth-order valence-electron chi connectivity index (χ4n) is 5.56. The second-order valence-corrected chi connectivity index (χ2v) is 11.6. The molecule has 0 amide bonds. The van der Waals surface area contributed by atoms with Crippen LogP contribution in [0.2, 0.25) is 0 Å². The summed E-state index contributed by atoms with van der Waals surface area (Å²) in [5.41, 5.74) is 5.32. The van der Waals surface area contributed by atoms with Crippen LogP contribution in [0.4, 0.5) is 11.4 Å². The van der Waals surface area contributed by atoms with E-state index in [1.807, 2.05) is 121 Å². The van der Waals surface area contributed by atoms with E-state index in [0.29, 0.717) is 23.0 Å². The average Bonchev–Trinajstić information content (AvgIpc) is 3.97. The second kappa shape index (κ2) is 18.5. The molecule has 0 bridgehead atoms. The first kappa shape index (κ1) is 38.2. The van der Waals surface area contributed by atoms with Gasteiger partial charge < -0.3 is 40.1 Å². The van der Waals surface area contributed by atoms with Crippen molar-refractivity contribution in [3.63, 3.8) is 0 Å². The van der Waals surface area contributed by atoms with Crippen molar-refractivity contribution in [3.8, 4) is 51.4 Å². The summed E-state index contributed by atoms with van der Waals surface area (Å²) in [6.07, 6.45) is 18.2. The van der Waals surface area contributed by atoms with Gasteiger partial charge in [0.25, 0.3) is 0 Å². The van der Waals surface area contributed by atoms with E-state index in [2.05, 4.69) is 52.3 Å². The van der Waals surface area contributed by atoms with Gasteiger partial charge in [-0.2, -0.15) is 30.9 Å². The summed E-state index contributed by atoms with van der Waals surface area (Å²) in [6, 6.07) is 47.8. The molecule has 264 valence electrons. The van der Waals surface area contributed by atoms with E-state index in [1.54, 1.807) is 23.2 Å². The zero-order chi connectivity index (χ0) is 34.1. The summed E-state index contributed by atoms with van der Waals surface area (Å²) in [5.74, 6) is 2.48. The standard InChI is InChI=1S/C37H28N4O2.C6H4N.2Pt/c1-39-20-21-41(27-39)32-11-7-15-36(26-32)43-34-13-5-9-30(23-34)37-24-29(16-17-38-37)28-8-4-12-33(22-28)42-35-14-6-10-31(25-35)40-18-2-3-19-40;1-2-7-5-3-4-6-7;;/h4-13,15,17,20-21,24-25,27H,2-3,18-19H2,1H3;3-6H;;/q-6;-1;;+4. The van der Waals surface area contributed by atoms with E-state index >= 15 is 0 Å². The molecule has 4 aromatic carbocycles. The summed E-state index contributed by atoms with van der Waals surface area (Å²) >= 11 is 0. The number of hydrogen-bond acceptors (Lipinski definition) is 6. The van der Waals surface area contributed by atoms with Gasteiger partial charge in [-0.05, 0) is 44.4 Å². The summed E-state index contributed by atoms with van der Waals surface area (Å²) in [6.45, 7) is 4.14. The molecular weight excluding hydrogens is 1010 g/mol. The van der Waals surface area contributed by atoms with E-state index in [9.17, 15) is 0 Å². The minimum Gasteiger partial charge on any atom is -0.669 e. The van der Waals surface area contributed by atoms with Gasteiger partial charge in [0.2, 0.25) is 0 Å². The maximum atomic E-state index is 6.57. The van der Waals surface area contributed by atoms with Crippen molar-refractivity contribution in [2.45, 2.75) is 12.8 Å². The Morgan fingerprint density at radius 3 is 2.12 bits per heavy atom. The van der Waals surface area contributed by atoms with Crippen molar-refractivity contribution in [1.82, 2.24) is 14.5 Å². The number of rotatable bonds is 8. The van der Waals surface area contributed by atoms with Crippen LogP contribution in [-0.2, 0) is 42.1 Å². The van der Waals surface area contributed by atoms with E-state index < -0.39 is 0 Å². The molecule has 1 fully saturated rings. The van der Waals surface area contributed by atoms with Gasteiger partial charge in [-0.1, -0.05) is 23.6 Å². The van der Waals surface area contributed by atoms with E-state index in [0.717, 1.165) is 46.8 Å². The van der Waals surface area contributed by atoms with Crippen LogP contribution in [0.1, 0.15) is 12.8 Å². The van der Waals surface area contributed by atoms with Gasteiger partial charge >= 0.3 is 21.1 Å². The number of pyridine rings is 1. The van der Waals surface area contributed by atoms with Crippen molar-refractivity contribution >= 4 is 11.4 Å². The second-order valence-electron chi connectivity index (χ2n) is 11.6. The van der Waals surface area contributed by atoms with E-state index in [1.165, 1.54) is 12.8 Å². The van der Waals surface area contributed by atoms with Gasteiger partial charge in [0.15, 0.2) is 0 Å². The van der Waals surface area contributed by atoms with Crippen LogP contribution in [0.5, 0.6) is 23.0 Å². The van der Waals surface area contributed by atoms with Crippen LogP contribution in [0.25, 0.3) is 22.4 Å². The molecule has 9 heteroatoms. The Balaban J connectivity index is 0.000000523. The monoisotopic (exact) mass is 1040 g/mol. The predicted octanol–water partition coefficient (Wildman–Crippen LogP) is 8.82. The minimum absolute atomic E-state index is 0. The summed E-state index contributed by atoms with van der Waals surface area (Å²) < 4.78 is 13.9. The SMILES string of the molecule is CN1C=CN(c2[c-]c(Oc3[c-]c(-c4cc(-c5[c-]c(Oc6[c-]ccc(N7CCCC7)c6)ccc5)[c-]cn4)ccc3)ccc2)[CH-]1.[C-]#Cn1cccc1.[Pt+4].[Pt]. The number of benzene rings is 4. The summed E-state index contributed by atoms with van der Waals surface area (Å²) in [5, 5.41) is 0. The maximum absolute atomic E-state index is 6.57. The molecule has 8 rings (SSSR count). The van der Waals surface area contributed by atoms with Crippen molar-refractivity contribution in [2.24, 2.45) is 0 Å². The van der Waals surface area contributed by atoms with Crippen LogP contribution in [0, 0.1) is 49.5 Å². The molecule has 0 unspecified atom stereocenters. The molecule has 0 saturated carbocycles. The van der Waals surface area contributed by atoms with Gasteiger partial charge in [0.1, 0.15) is 0 Å². The van der Waals surface area contributed by atoms with Crippen molar-refractivity contribution < 1.29 is 51.6 Å². The van der Waals surface area contributed by atoms with Crippen LogP contribution in [-0.4, -0.2) is 34.6 Å². The third-order valence-electron chi connectivity index (χ3n) is 8.01. The molecule has 0 radical (unpaired) electrons. The Morgan fingerprint density at radius 1 is 0.750 bits per heavy atom. The topological polar surface area (TPSA) is 46.0 Å². The Labute approximate surface area is 335 Å². The number of anilines is 2. The molecule has 6 aromatic rings. The normalized spacial score (nSPS) is 13.0. The number of ether oxygens (including phenoxy) is 2. The quantitative estimate of drug-likeness (QED) is 0.112. The zero-order valence-electron chi connectivity index (χ0n) is 28.1. The first-order chi connectivity index (χ1) is 24.6. The largest absolute Gasteiger partial charge is 4.00 e. The van der Waals surface area contributed by atoms with Crippen LogP contribution < -0.4 is 19.3 Å². The van der Waals surface area contributed by atoms with E-state index in [4.69, 9.17) is 15.9 Å². The Hall–Kier alpha value is -5.01. The van der Waals surface area contributed by atoms with Gasteiger partial charge in [0.05, 0.1) is 0 Å². The Morgan fingerprint density at radius 2 is 1.42 bits per heavy atom. The van der Waals surface area contributed by atoms with Crippen molar-refractivity contribution in [1.29, 1.82) is 0 Å². The molecule has 0 spiro atoms. The van der Waals surface area contributed by atoms with Crippen molar-refractivity contribution in [3.05, 3.63) is 165 Å². The number of hydrogen-bond donors (Lipinski definition) is 0. The Kier molecular flexibility index (Phi) is 13.6. The van der Waals surface area contributed by atoms with Crippen LogP contribution in [0.15, 0.2) is 122 Å². The van der Waals surface area contributed by atoms with Gasteiger partial charge in [-0.15, -0.1) is 71.9 Å². The molecule has 7 nitrogen and oxygen atoms in total. The molecule has 0 N–H and O–H groups in total. The molecule has 0 aliphatic carbocycles. The van der Waals surface area contributed by atoms with Crippen LogP contribution in [0.3, 0.4) is 0 Å². The number of aromatic nitrogens is 2. The fraction of sp³-hybridized carbons (Fsp3) is 0.116. The molecule has 52 heavy (non-hydrogen) atoms.